The fraction of sp³-hybridized carbons (Fsp3) is 0.400. The Morgan fingerprint density at radius 2 is 1.95 bits per heavy atom. The largest absolute Gasteiger partial charge is 0.383 e. The molecule has 0 aliphatic heterocycles. The van der Waals surface area contributed by atoms with E-state index in [4.69, 9.17) is 10.7 Å². The van der Waals surface area contributed by atoms with E-state index < -0.39 is 0 Å². The fourth-order valence-corrected chi connectivity index (χ4v) is 2.83. The highest BCUT2D eigenvalue weighted by Crippen LogP contribution is 2.32. The van der Waals surface area contributed by atoms with Gasteiger partial charge >= 0.3 is 0 Å². The molecule has 0 saturated heterocycles. The zero-order chi connectivity index (χ0) is 14.7. The minimum atomic E-state index is 0.768. The molecule has 0 aliphatic carbocycles. The lowest BCUT2D eigenvalue weighted by Gasteiger charge is -2.08. The van der Waals surface area contributed by atoms with E-state index in [1.165, 1.54) is 0 Å². The second-order valence-electron chi connectivity index (χ2n) is 4.75. The van der Waals surface area contributed by atoms with Crippen molar-refractivity contribution in [2.75, 3.05) is 5.73 Å². The summed E-state index contributed by atoms with van der Waals surface area (Å²) >= 11 is 7.01. The van der Waals surface area contributed by atoms with Crippen LogP contribution >= 0.6 is 31.9 Å². The summed E-state index contributed by atoms with van der Waals surface area (Å²) in [5.41, 5.74) is 8.24. The molecule has 1 aromatic carbocycles. The van der Waals surface area contributed by atoms with Crippen LogP contribution in [0.25, 0.3) is 11.3 Å². The number of halogens is 2. The summed E-state index contributed by atoms with van der Waals surface area (Å²) < 4.78 is 4.19. The maximum atomic E-state index is 6.31. The van der Waals surface area contributed by atoms with Crippen molar-refractivity contribution in [2.24, 2.45) is 0 Å². The molecule has 3 nitrogen and oxygen atoms in total. The topological polar surface area (TPSA) is 43.8 Å². The number of hydrogen-bond acceptors (Lipinski definition) is 2. The van der Waals surface area contributed by atoms with Gasteiger partial charge in [0.15, 0.2) is 0 Å². The van der Waals surface area contributed by atoms with Crippen LogP contribution in [0.2, 0.25) is 0 Å². The zero-order valence-corrected chi connectivity index (χ0v) is 15.0. The Hall–Kier alpha value is -0.810. The molecule has 0 atom stereocenters. The summed E-state index contributed by atoms with van der Waals surface area (Å²) in [6.07, 6.45) is 3.17. The number of nitrogens with two attached hydrogens (primary N) is 1. The second-order valence-corrected chi connectivity index (χ2v) is 6.46. The van der Waals surface area contributed by atoms with Gasteiger partial charge in [0.2, 0.25) is 0 Å². The fourth-order valence-electron chi connectivity index (χ4n) is 2.21. The summed E-state index contributed by atoms with van der Waals surface area (Å²) in [6, 6.07) is 6.10. The highest BCUT2D eigenvalue weighted by Gasteiger charge is 2.15. The van der Waals surface area contributed by atoms with E-state index >= 15 is 0 Å². The van der Waals surface area contributed by atoms with Crippen LogP contribution in [-0.2, 0) is 13.0 Å². The van der Waals surface area contributed by atoms with Crippen LogP contribution in [0, 0.1) is 0 Å². The highest BCUT2D eigenvalue weighted by atomic mass is 79.9. The molecular formula is C15H19Br2N3. The van der Waals surface area contributed by atoms with E-state index in [-0.39, 0.29) is 0 Å². The van der Waals surface area contributed by atoms with Gasteiger partial charge in [-0.1, -0.05) is 26.3 Å². The number of nitrogen functional groups attached to an aromatic ring is 1. The average molecular weight is 401 g/mol. The quantitative estimate of drug-likeness (QED) is 0.765. The van der Waals surface area contributed by atoms with Crippen LogP contribution < -0.4 is 5.73 Å². The SMILES string of the molecule is CCCCn1c(CC)nc(-c2ccc(Br)c(Br)c2)c1N. The number of aryl methyl sites for hydroxylation is 1. The average Bonchev–Trinajstić information content (AvgIpc) is 2.76. The van der Waals surface area contributed by atoms with E-state index in [9.17, 15) is 0 Å². The molecule has 0 aliphatic rings. The molecule has 1 heterocycles. The molecule has 0 spiro atoms. The zero-order valence-electron chi connectivity index (χ0n) is 11.8. The number of nitrogens with zero attached hydrogens (tertiary/aromatic N) is 2. The third kappa shape index (κ3) is 3.09. The normalized spacial score (nSPS) is 11.0. The number of aromatic nitrogens is 2. The summed E-state index contributed by atoms with van der Waals surface area (Å²) in [4.78, 5) is 4.72. The first-order chi connectivity index (χ1) is 9.58. The third-order valence-corrected chi connectivity index (χ3v) is 5.21. The third-order valence-electron chi connectivity index (χ3n) is 3.33. The number of imidazole rings is 1. The molecule has 0 radical (unpaired) electrons. The molecule has 5 heteroatoms. The number of benzene rings is 1. The van der Waals surface area contributed by atoms with Gasteiger partial charge in [-0.3, -0.25) is 0 Å². The molecular weight excluding hydrogens is 382 g/mol. The molecule has 2 aromatic rings. The lowest BCUT2D eigenvalue weighted by molar-refractivity contribution is 0.612. The minimum Gasteiger partial charge on any atom is -0.383 e. The van der Waals surface area contributed by atoms with Gasteiger partial charge in [-0.15, -0.1) is 0 Å². The van der Waals surface area contributed by atoms with Crippen molar-refractivity contribution in [3.05, 3.63) is 33.0 Å². The van der Waals surface area contributed by atoms with E-state index in [1.807, 2.05) is 18.2 Å². The predicted octanol–water partition coefficient (Wildman–Crippen LogP) is 5.02. The lowest BCUT2D eigenvalue weighted by Crippen LogP contribution is -2.06. The Morgan fingerprint density at radius 1 is 1.20 bits per heavy atom. The number of unbranched alkanes of at least 4 members (excludes halogenated alkanes) is 1. The van der Waals surface area contributed by atoms with Gasteiger partial charge in [-0.2, -0.15) is 0 Å². The van der Waals surface area contributed by atoms with Gasteiger partial charge in [0, 0.05) is 27.5 Å². The smallest absolute Gasteiger partial charge is 0.131 e. The van der Waals surface area contributed by atoms with Crippen molar-refractivity contribution < 1.29 is 0 Å². The molecule has 0 amide bonds. The van der Waals surface area contributed by atoms with Crippen molar-refractivity contribution in [2.45, 2.75) is 39.7 Å². The highest BCUT2D eigenvalue weighted by molar-refractivity contribution is 9.13. The molecule has 0 bridgehead atoms. The first kappa shape index (κ1) is 15.6. The first-order valence-corrected chi connectivity index (χ1v) is 8.47. The maximum Gasteiger partial charge on any atom is 0.131 e. The van der Waals surface area contributed by atoms with Crippen molar-refractivity contribution in [3.8, 4) is 11.3 Å². The number of rotatable bonds is 5. The molecule has 108 valence electrons. The Bertz CT molecular complexity index is 605. The van der Waals surface area contributed by atoms with Gasteiger partial charge in [0.05, 0.1) is 0 Å². The van der Waals surface area contributed by atoms with Gasteiger partial charge in [-0.25, -0.2) is 4.98 Å². The molecule has 0 saturated carbocycles. The molecule has 20 heavy (non-hydrogen) atoms. The Morgan fingerprint density at radius 3 is 2.55 bits per heavy atom. The maximum absolute atomic E-state index is 6.31. The Kier molecular flexibility index (Phi) is 5.27. The van der Waals surface area contributed by atoms with Crippen LogP contribution in [0.5, 0.6) is 0 Å². The van der Waals surface area contributed by atoms with E-state index in [2.05, 4.69) is 50.3 Å². The van der Waals surface area contributed by atoms with Crippen LogP contribution in [0.15, 0.2) is 27.1 Å². The lowest BCUT2D eigenvalue weighted by atomic mass is 10.1. The predicted molar refractivity (Wildman–Crippen MR) is 91.8 cm³/mol. The van der Waals surface area contributed by atoms with Crippen molar-refractivity contribution in [1.82, 2.24) is 9.55 Å². The molecule has 0 unspecified atom stereocenters. The van der Waals surface area contributed by atoms with Crippen molar-refractivity contribution in [1.29, 1.82) is 0 Å². The van der Waals surface area contributed by atoms with E-state index in [0.29, 0.717) is 0 Å². The second kappa shape index (κ2) is 6.76. The van der Waals surface area contributed by atoms with Crippen molar-refractivity contribution in [3.63, 3.8) is 0 Å². The monoisotopic (exact) mass is 399 g/mol. The van der Waals surface area contributed by atoms with Crippen molar-refractivity contribution >= 4 is 37.7 Å². The summed E-state index contributed by atoms with van der Waals surface area (Å²) in [5, 5.41) is 0. The van der Waals surface area contributed by atoms with Gasteiger partial charge in [0.1, 0.15) is 17.3 Å². The molecule has 2 rings (SSSR count). The summed E-state index contributed by atoms with van der Waals surface area (Å²) in [5.74, 6) is 1.83. The number of hydrogen-bond donors (Lipinski definition) is 1. The van der Waals surface area contributed by atoms with Gasteiger partial charge in [0.25, 0.3) is 0 Å². The Labute approximate surface area is 136 Å². The van der Waals surface area contributed by atoms with Crippen LogP contribution in [-0.4, -0.2) is 9.55 Å². The van der Waals surface area contributed by atoms with Crippen LogP contribution in [0.4, 0.5) is 5.82 Å². The van der Waals surface area contributed by atoms with E-state index in [0.717, 1.165) is 57.7 Å². The molecule has 0 fully saturated rings. The minimum absolute atomic E-state index is 0.768. The van der Waals surface area contributed by atoms with Gasteiger partial charge < -0.3 is 10.3 Å². The standard InChI is InChI=1S/C15H19Br2N3/c1-3-5-8-20-13(4-2)19-14(15(20)18)10-6-7-11(16)12(17)9-10/h6-7,9H,3-5,8,18H2,1-2H3. The van der Waals surface area contributed by atoms with Gasteiger partial charge in [-0.05, 0) is 50.4 Å². The van der Waals surface area contributed by atoms with E-state index in [1.54, 1.807) is 0 Å². The summed E-state index contributed by atoms with van der Waals surface area (Å²) in [7, 11) is 0. The molecule has 1 aromatic heterocycles. The first-order valence-electron chi connectivity index (χ1n) is 6.88. The molecule has 2 N–H and O–H groups in total. The summed E-state index contributed by atoms with van der Waals surface area (Å²) in [6.45, 7) is 5.24. The Balaban J connectivity index is 2.46. The van der Waals surface area contributed by atoms with Crippen LogP contribution in [0.3, 0.4) is 0 Å². The number of anilines is 1. The van der Waals surface area contributed by atoms with Crippen LogP contribution in [0.1, 0.15) is 32.5 Å².